The molecule has 4 heteroatoms. The van der Waals surface area contributed by atoms with Gasteiger partial charge < -0.3 is 9.88 Å². The third kappa shape index (κ3) is 4.45. The van der Waals surface area contributed by atoms with E-state index in [4.69, 9.17) is 0 Å². The third-order valence-corrected chi connectivity index (χ3v) is 3.58. The number of aromatic nitrogens is 2. The number of amides is 1. The first-order valence-electron chi connectivity index (χ1n) is 7.58. The predicted octanol–water partition coefficient (Wildman–Crippen LogP) is 3.63. The van der Waals surface area contributed by atoms with Crippen LogP contribution in [0.5, 0.6) is 0 Å². The van der Waals surface area contributed by atoms with E-state index in [9.17, 15) is 4.79 Å². The topological polar surface area (TPSA) is 46.9 Å². The highest BCUT2D eigenvalue weighted by Gasteiger charge is 2.09. The highest BCUT2D eigenvalue weighted by Crippen LogP contribution is 2.16. The first-order chi connectivity index (χ1) is 10.2. The molecular weight excluding hydrogens is 262 g/mol. The standard InChI is InChI=1S/C17H23N3O/c1-3-4-5-6-17(21)19-14(2)15-7-9-16(10-8-15)20-12-11-18-13-20/h7-14H,3-6H2,1-2H3,(H,19,21). The minimum absolute atomic E-state index is 0.0379. The Kier molecular flexibility index (Phi) is 5.55. The van der Waals surface area contributed by atoms with Crippen LogP contribution in [0.15, 0.2) is 43.0 Å². The lowest BCUT2D eigenvalue weighted by Gasteiger charge is -2.15. The summed E-state index contributed by atoms with van der Waals surface area (Å²) in [6.07, 6.45) is 9.27. The van der Waals surface area contributed by atoms with Crippen LogP contribution in [-0.4, -0.2) is 15.5 Å². The molecule has 1 aromatic carbocycles. The van der Waals surface area contributed by atoms with Gasteiger partial charge in [-0.2, -0.15) is 0 Å². The Labute approximate surface area is 126 Å². The SMILES string of the molecule is CCCCCC(=O)NC(C)c1ccc(-n2ccnc2)cc1. The Balaban J connectivity index is 1.90. The predicted molar refractivity (Wildman–Crippen MR) is 84.3 cm³/mol. The summed E-state index contributed by atoms with van der Waals surface area (Å²) in [7, 11) is 0. The van der Waals surface area contributed by atoms with Gasteiger partial charge in [-0.3, -0.25) is 4.79 Å². The molecule has 0 fully saturated rings. The van der Waals surface area contributed by atoms with Crippen LogP contribution in [-0.2, 0) is 4.79 Å². The monoisotopic (exact) mass is 285 g/mol. The molecule has 2 aromatic rings. The Bertz CT molecular complexity index is 546. The van der Waals surface area contributed by atoms with Crippen LogP contribution in [0.2, 0.25) is 0 Å². The van der Waals surface area contributed by atoms with Crippen LogP contribution in [0.3, 0.4) is 0 Å². The molecule has 112 valence electrons. The Morgan fingerprint density at radius 1 is 1.29 bits per heavy atom. The third-order valence-electron chi connectivity index (χ3n) is 3.58. The molecule has 1 heterocycles. The van der Waals surface area contributed by atoms with Crippen molar-refractivity contribution in [1.82, 2.24) is 14.9 Å². The molecule has 0 aliphatic carbocycles. The minimum Gasteiger partial charge on any atom is -0.350 e. The van der Waals surface area contributed by atoms with Crippen molar-refractivity contribution in [3.63, 3.8) is 0 Å². The summed E-state index contributed by atoms with van der Waals surface area (Å²) < 4.78 is 1.96. The Morgan fingerprint density at radius 2 is 2.05 bits per heavy atom. The van der Waals surface area contributed by atoms with Gasteiger partial charge in [-0.05, 0) is 31.0 Å². The largest absolute Gasteiger partial charge is 0.350 e. The molecule has 1 aromatic heterocycles. The first kappa shape index (κ1) is 15.3. The average molecular weight is 285 g/mol. The van der Waals surface area contributed by atoms with Crippen LogP contribution in [0.4, 0.5) is 0 Å². The van der Waals surface area contributed by atoms with E-state index < -0.39 is 0 Å². The van der Waals surface area contributed by atoms with Crippen LogP contribution in [0.1, 0.15) is 51.1 Å². The zero-order valence-electron chi connectivity index (χ0n) is 12.7. The van der Waals surface area contributed by atoms with Crippen LogP contribution in [0, 0.1) is 0 Å². The molecule has 0 aliphatic heterocycles. The fraction of sp³-hybridized carbons (Fsp3) is 0.412. The van der Waals surface area contributed by atoms with Crippen LogP contribution in [0.25, 0.3) is 5.69 Å². The molecule has 1 atom stereocenters. The summed E-state index contributed by atoms with van der Waals surface area (Å²) in [4.78, 5) is 15.9. The first-order valence-corrected chi connectivity index (χ1v) is 7.58. The molecule has 0 radical (unpaired) electrons. The lowest BCUT2D eigenvalue weighted by molar-refractivity contribution is -0.121. The molecule has 2 rings (SSSR count). The van der Waals surface area contributed by atoms with E-state index in [-0.39, 0.29) is 11.9 Å². The van der Waals surface area contributed by atoms with Crippen molar-refractivity contribution in [2.45, 2.75) is 45.6 Å². The van der Waals surface area contributed by atoms with E-state index in [0.29, 0.717) is 6.42 Å². The van der Waals surface area contributed by atoms with Crippen molar-refractivity contribution in [2.75, 3.05) is 0 Å². The maximum absolute atomic E-state index is 11.8. The number of nitrogens with zero attached hydrogens (tertiary/aromatic N) is 2. The van der Waals surface area contributed by atoms with E-state index in [2.05, 4.69) is 17.2 Å². The lowest BCUT2D eigenvalue weighted by Crippen LogP contribution is -2.26. The van der Waals surface area contributed by atoms with Crippen molar-refractivity contribution in [2.24, 2.45) is 0 Å². The summed E-state index contributed by atoms with van der Waals surface area (Å²) >= 11 is 0. The van der Waals surface area contributed by atoms with Gasteiger partial charge in [0, 0.05) is 24.5 Å². The van der Waals surface area contributed by atoms with Crippen molar-refractivity contribution < 1.29 is 4.79 Å². The van der Waals surface area contributed by atoms with Crippen molar-refractivity contribution >= 4 is 5.91 Å². The van der Waals surface area contributed by atoms with Gasteiger partial charge in [-0.1, -0.05) is 31.9 Å². The highest BCUT2D eigenvalue weighted by molar-refractivity contribution is 5.76. The molecular formula is C17H23N3O. The molecule has 0 aliphatic rings. The van der Waals surface area contributed by atoms with Gasteiger partial charge in [-0.25, -0.2) is 4.98 Å². The average Bonchev–Trinajstić information content (AvgIpc) is 3.02. The van der Waals surface area contributed by atoms with Gasteiger partial charge in [0.15, 0.2) is 0 Å². The lowest BCUT2D eigenvalue weighted by atomic mass is 10.1. The number of benzene rings is 1. The summed E-state index contributed by atoms with van der Waals surface area (Å²) in [6, 6.07) is 8.21. The van der Waals surface area contributed by atoms with E-state index in [1.165, 1.54) is 0 Å². The number of nitrogens with one attached hydrogen (secondary N) is 1. The number of carbonyl (C=O) groups is 1. The molecule has 4 nitrogen and oxygen atoms in total. The normalized spacial score (nSPS) is 12.1. The zero-order valence-corrected chi connectivity index (χ0v) is 12.7. The second-order valence-electron chi connectivity index (χ2n) is 5.31. The molecule has 0 spiro atoms. The molecule has 0 saturated carbocycles. The molecule has 1 N–H and O–H groups in total. The van der Waals surface area contributed by atoms with Gasteiger partial charge in [0.25, 0.3) is 0 Å². The molecule has 21 heavy (non-hydrogen) atoms. The molecule has 0 bridgehead atoms. The summed E-state index contributed by atoms with van der Waals surface area (Å²) in [5, 5.41) is 3.05. The summed E-state index contributed by atoms with van der Waals surface area (Å²) in [5.74, 6) is 0.134. The molecule has 1 amide bonds. The Hall–Kier alpha value is -2.10. The van der Waals surface area contributed by atoms with E-state index in [1.807, 2.05) is 42.0 Å². The van der Waals surface area contributed by atoms with E-state index >= 15 is 0 Å². The number of imidazole rings is 1. The minimum atomic E-state index is 0.0379. The maximum atomic E-state index is 11.8. The fourth-order valence-corrected chi connectivity index (χ4v) is 2.28. The molecule has 0 saturated heterocycles. The van der Waals surface area contributed by atoms with E-state index in [1.54, 1.807) is 12.5 Å². The summed E-state index contributed by atoms with van der Waals surface area (Å²) in [6.45, 7) is 4.16. The quantitative estimate of drug-likeness (QED) is 0.790. The van der Waals surface area contributed by atoms with Crippen molar-refractivity contribution in [3.8, 4) is 5.69 Å². The highest BCUT2D eigenvalue weighted by atomic mass is 16.1. The number of hydrogen-bond acceptors (Lipinski definition) is 2. The fourth-order valence-electron chi connectivity index (χ4n) is 2.28. The number of unbranched alkanes of at least 4 members (excludes halogenated alkanes) is 2. The second-order valence-corrected chi connectivity index (χ2v) is 5.31. The Morgan fingerprint density at radius 3 is 2.67 bits per heavy atom. The van der Waals surface area contributed by atoms with Crippen LogP contribution < -0.4 is 5.32 Å². The van der Waals surface area contributed by atoms with Gasteiger partial charge >= 0.3 is 0 Å². The van der Waals surface area contributed by atoms with Gasteiger partial charge in [0.2, 0.25) is 5.91 Å². The van der Waals surface area contributed by atoms with Gasteiger partial charge in [0.1, 0.15) is 0 Å². The van der Waals surface area contributed by atoms with Gasteiger partial charge in [0.05, 0.1) is 12.4 Å². The zero-order chi connectivity index (χ0) is 15.1. The number of rotatable bonds is 7. The van der Waals surface area contributed by atoms with Crippen molar-refractivity contribution in [1.29, 1.82) is 0 Å². The maximum Gasteiger partial charge on any atom is 0.220 e. The van der Waals surface area contributed by atoms with Crippen molar-refractivity contribution in [3.05, 3.63) is 48.5 Å². The van der Waals surface area contributed by atoms with Gasteiger partial charge in [-0.15, -0.1) is 0 Å². The smallest absolute Gasteiger partial charge is 0.220 e. The second kappa shape index (κ2) is 7.62. The molecule has 1 unspecified atom stereocenters. The number of carbonyl (C=O) groups excluding carboxylic acids is 1. The van der Waals surface area contributed by atoms with Crippen LogP contribution >= 0.6 is 0 Å². The summed E-state index contributed by atoms with van der Waals surface area (Å²) in [5.41, 5.74) is 2.18. The van der Waals surface area contributed by atoms with E-state index in [0.717, 1.165) is 30.5 Å². The number of hydrogen-bond donors (Lipinski definition) is 1.